The van der Waals surface area contributed by atoms with Gasteiger partial charge in [-0.15, -0.1) is 0 Å². The van der Waals surface area contributed by atoms with Gasteiger partial charge in [-0.25, -0.2) is 4.39 Å². The van der Waals surface area contributed by atoms with Gasteiger partial charge >= 0.3 is 0 Å². The highest BCUT2D eigenvalue weighted by Gasteiger charge is 2.26. The van der Waals surface area contributed by atoms with Gasteiger partial charge in [-0.2, -0.15) is 0 Å². The number of halogens is 1. The van der Waals surface area contributed by atoms with Gasteiger partial charge in [0, 0.05) is 43.2 Å². The summed E-state index contributed by atoms with van der Waals surface area (Å²) in [5.74, 6) is -0.938. The van der Waals surface area contributed by atoms with Crippen LogP contribution in [0.25, 0.3) is 5.57 Å². The first-order chi connectivity index (χ1) is 16.4. The number of pyridine rings is 1. The number of piperidine rings is 1. The molecular weight excluding hydrogens is 431 g/mol. The SMILES string of the molecule is Cc1cc(F)c(C(=O)NC2CC2)cc1C(C=Nc1cncc(N2CCC(N(C)C)CC2)c1)=CN. The average molecular weight is 465 g/mol. The molecule has 4 rings (SSSR count). The van der Waals surface area contributed by atoms with Gasteiger partial charge < -0.3 is 20.9 Å². The summed E-state index contributed by atoms with van der Waals surface area (Å²) >= 11 is 0. The van der Waals surface area contributed by atoms with Crippen molar-refractivity contribution in [1.29, 1.82) is 0 Å². The molecular formula is C26H33FN6O. The van der Waals surface area contributed by atoms with Gasteiger partial charge in [0.15, 0.2) is 0 Å². The molecule has 0 spiro atoms. The molecule has 2 fully saturated rings. The number of nitrogens with two attached hydrogens (primary N) is 1. The monoisotopic (exact) mass is 464 g/mol. The molecule has 0 atom stereocenters. The summed E-state index contributed by atoms with van der Waals surface area (Å²) in [4.78, 5) is 26.0. The number of carbonyl (C=O) groups is 1. The number of benzene rings is 1. The molecule has 1 aliphatic heterocycles. The first-order valence-corrected chi connectivity index (χ1v) is 11.8. The van der Waals surface area contributed by atoms with E-state index < -0.39 is 11.7 Å². The minimum atomic E-state index is -0.539. The molecule has 2 aliphatic rings. The Bertz CT molecular complexity index is 1100. The fourth-order valence-electron chi connectivity index (χ4n) is 4.30. The summed E-state index contributed by atoms with van der Waals surface area (Å²) in [6, 6.07) is 5.69. The zero-order chi connectivity index (χ0) is 24.2. The van der Waals surface area contributed by atoms with Crippen LogP contribution in [-0.4, -0.2) is 61.3 Å². The van der Waals surface area contributed by atoms with Crippen LogP contribution >= 0.6 is 0 Å². The van der Waals surface area contributed by atoms with Crippen molar-refractivity contribution in [3.8, 4) is 0 Å². The van der Waals surface area contributed by atoms with E-state index in [1.54, 1.807) is 25.4 Å². The third-order valence-corrected chi connectivity index (χ3v) is 6.58. The van der Waals surface area contributed by atoms with E-state index in [1.807, 2.05) is 12.3 Å². The maximum atomic E-state index is 14.5. The van der Waals surface area contributed by atoms with Crippen molar-refractivity contribution in [2.75, 3.05) is 32.1 Å². The summed E-state index contributed by atoms with van der Waals surface area (Å²) in [6.07, 6.45) is 10.7. The predicted molar refractivity (Wildman–Crippen MR) is 135 cm³/mol. The van der Waals surface area contributed by atoms with Gasteiger partial charge in [0.25, 0.3) is 5.91 Å². The molecule has 7 nitrogen and oxygen atoms in total. The molecule has 1 amide bonds. The lowest BCUT2D eigenvalue weighted by molar-refractivity contribution is 0.0947. The zero-order valence-corrected chi connectivity index (χ0v) is 20.1. The van der Waals surface area contributed by atoms with E-state index in [-0.39, 0.29) is 11.6 Å². The fraction of sp³-hybridized carbons (Fsp3) is 0.423. The molecule has 1 saturated heterocycles. The second kappa shape index (κ2) is 10.3. The van der Waals surface area contributed by atoms with Crippen LogP contribution in [0.3, 0.4) is 0 Å². The number of carbonyl (C=O) groups excluding carboxylic acids is 1. The van der Waals surface area contributed by atoms with Crippen molar-refractivity contribution >= 4 is 29.1 Å². The Labute approximate surface area is 200 Å². The van der Waals surface area contributed by atoms with E-state index in [0.717, 1.165) is 44.5 Å². The van der Waals surface area contributed by atoms with Gasteiger partial charge in [0.05, 0.1) is 29.3 Å². The van der Waals surface area contributed by atoms with Crippen LogP contribution in [0.1, 0.15) is 47.2 Å². The van der Waals surface area contributed by atoms with Crippen molar-refractivity contribution in [2.45, 2.75) is 44.7 Å². The summed E-state index contributed by atoms with van der Waals surface area (Å²) in [7, 11) is 4.26. The lowest BCUT2D eigenvalue weighted by Gasteiger charge is -2.36. The molecule has 180 valence electrons. The Balaban J connectivity index is 1.51. The normalized spacial score (nSPS) is 17.6. The maximum Gasteiger partial charge on any atom is 0.254 e. The van der Waals surface area contributed by atoms with Crippen molar-refractivity contribution in [3.63, 3.8) is 0 Å². The number of nitrogens with zero attached hydrogens (tertiary/aromatic N) is 4. The standard InChI is InChI=1S/C26H33FN6O/c1-17-10-25(27)24(26(34)31-19-4-5-19)12-23(17)18(13-28)14-30-20-11-22(16-29-15-20)33-8-6-21(7-9-33)32(2)3/h10-16,19,21H,4-9,28H2,1-3H3,(H,31,34). The largest absolute Gasteiger partial charge is 0.404 e. The fourth-order valence-corrected chi connectivity index (χ4v) is 4.30. The van der Waals surface area contributed by atoms with Crippen molar-refractivity contribution in [3.05, 3.63) is 59.3 Å². The van der Waals surface area contributed by atoms with E-state index in [1.165, 1.54) is 12.3 Å². The maximum absolute atomic E-state index is 14.5. The van der Waals surface area contributed by atoms with E-state index in [0.29, 0.717) is 28.4 Å². The predicted octanol–water partition coefficient (Wildman–Crippen LogP) is 3.65. The van der Waals surface area contributed by atoms with Crippen LogP contribution in [-0.2, 0) is 0 Å². The van der Waals surface area contributed by atoms with Crippen LogP contribution in [0, 0.1) is 12.7 Å². The quantitative estimate of drug-likeness (QED) is 0.611. The van der Waals surface area contributed by atoms with Crippen LogP contribution < -0.4 is 16.0 Å². The second-order valence-electron chi connectivity index (χ2n) is 9.36. The van der Waals surface area contributed by atoms with Crippen molar-refractivity contribution < 1.29 is 9.18 Å². The van der Waals surface area contributed by atoms with Gasteiger partial charge in [-0.05, 0) is 76.0 Å². The third kappa shape index (κ3) is 5.62. The van der Waals surface area contributed by atoms with Crippen molar-refractivity contribution in [1.82, 2.24) is 15.2 Å². The molecule has 1 aliphatic carbocycles. The first kappa shape index (κ1) is 23.9. The van der Waals surface area contributed by atoms with Gasteiger partial charge in [-0.3, -0.25) is 14.8 Å². The highest BCUT2D eigenvalue weighted by molar-refractivity contribution is 6.11. The summed E-state index contributed by atoms with van der Waals surface area (Å²) in [5, 5.41) is 2.84. The highest BCUT2D eigenvalue weighted by atomic mass is 19.1. The Kier molecular flexibility index (Phi) is 7.26. The molecule has 8 heteroatoms. The summed E-state index contributed by atoms with van der Waals surface area (Å²) in [6.45, 7) is 3.75. The molecule has 3 N–H and O–H groups in total. The average Bonchev–Trinajstić information content (AvgIpc) is 3.64. The van der Waals surface area contributed by atoms with Crippen LogP contribution in [0.15, 0.2) is 41.8 Å². The number of anilines is 1. The van der Waals surface area contributed by atoms with E-state index >= 15 is 0 Å². The van der Waals surface area contributed by atoms with Crippen LogP contribution in [0.5, 0.6) is 0 Å². The molecule has 2 aromatic rings. The molecule has 2 heterocycles. The van der Waals surface area contributed by atoms with Crippen molar-refractivity contribution in [2.24, 2.45) is 10.7 Å². The Morgan fingerprint density at radius 3 is 2.56 bits per heavy atom. The molecule has 1 saturated carbocycles. The number of rotatable bonds is 7. The molecule has 1 aromatic carbocycles. The number of aliphatic imine (C=N–C) groups is 1. The number of aryl methyl sites for hydroxylation is 1. The molecule has 1 aromatic heterocycles. The Morgan fingerprint density at radius 2 is 1.91 bits per heavy atom. The van der Waals surface area contributed by atoms with E-state index in [4.69, 9.17) is 5.73 Å². The zero-order valence-electron chi connectivity index (χ0n) is 20.1. The van der Waals surface area contributed by atoms with Gasteiger partial charge in [0.2, 0.25) is 0 Å². The third-order valence-electron chi connectivity index (χ3n) is 6.58. The molecule has 0 radical (unpaired) electrons. The number of amides is 1. The van der Waals surface area contributed by atoms with Gasteiger partial charge in [-0.1, -0.05) is 0 Å². The molecule has 0 bridgehead atoms. The first-order valence-electron chi connectivity index (χ1n) is 11.8. The highest BCUT2D eigenvalue weighted by Crippen LogP contribution is 2.27. The Morgan fingerprint density at radius 1 is 1.18 bits per heavy atom. The molecule has 34 heavy (non-hydrogen) atoms. The minimum absolute atomic E-state index is 0.0186. The van der Waals surface area contributed by atoms with E-state index in [9.17, 15) is 9.18 Å². The number of allylic oxidation sites excluding steroid dienone is 1. The Hall–Kier alpha value is -3.26. The van der Waals surface area contributed by atoms with Crippen LogP contribution in [0.4, 0.5) is 15.8 Å². The topological polar surface area (TPSA) is 86.9 Å². The minimum Gasteiger partial charge on any atom is -0.404 e. The second-order valence-corrected chi connectivity index (χ2v) is 9.36. The molecule has 0 unspecified atom stereocenters. The number of nitrogens with one attached hydrogen (secondary N) is 1. The lowest BCUT2D eigenvalue weighted by Crippen LogP contribution is -2.42. The number of hydrogen-bond donors (Lipinski definition) is 2. The smallest absolute Gasteiger partial charge is 0.254 e. The van der Waals surface area contributed by atoms with E-state index in [2.05, 4.69) is 39.2 Å². The summed E-state index contributed by atoms with van der Waals surface area (Å²) in [5.41, 5.74) is 9.63. The lowest BCUT2D eigenvalue weighted by atomic mass is 9.98. The van der Waals surface area contributed by atoms with Crippen LogP contribution in [0.2, 0.25) is 0 Å². The summed E-state index contributed by atoms with van der Waals surface area (Å²) < 4.78 is 14.5. The van der Waals surface area contributed by atoms with Gasteiger partial charge in [0.1, 0.15) is 5.82 Å². The number of aromatic nitrogens is 1. The number of hydrogen-bond acceptors (Lipinski definition) is 6.